The highest BCUT2D eigenvalue weighted by Gasteiger charge is 2.48. The number of amidine groups is 1. The largest absolute Gasteiger partial charge is 0.342 e. The third kappa shape index (κ3) is 3.72. The highest BCUT2D eigenvalue weighted by molar-refractivity contribution is 8.15. The second-order valence-corrected chi connectivity index (χ2v) is 9.56. The number of rotatable bonds is 4. The van der Waals surface area contributed by atoms with Crippen molar-refractivity contribution in [3.05, 3.63) is 48.0 Å². The van der Waals surface area contributed by atoms with Gasteiger partial charge in [0.15, 0.2) is 15.0 Å². The zero-order valence-corrected chi connectivity index (χ0v) is 15.1. The van der Waals surface area contributed by atoms with Gasteiger partial charge in [0.2, 0.25) is 0 Å². The van der Waals surface area contributed by atoms with Gasteiger partial charge in [-0.3, -0.25) is 4.79 Å². The SMILES string of the molecule is C=CCN1C(=NC(=O)Cc2cccc(C)c2)S[C@@H]2CS(=O)(=O)C[C@@H]21. The van der Waals surface area contributed by atoms with E-state index in [1.54, 1.807) is 6.08 Å². The Morgan fingerprint density at radius 3 is 2.96 bits per heavy atom. The van der Waals surface area contributed by atoms with Gasteiger partial charge in [-0.15, -0.1) is 6.58 Å². The number of fused-ring (bicyclic) bond motifs is 1. The Labute approximate surface area is 146 Å². The lowest BCUT2D eigenvalue weighted by Crippen LogP contribution is -2.37. The summed E-state index contributed by atoms with van der Waals surface area (Å²) in [5.74, 6) is 0.0741. The summed E-state index contributed by atoms with van der Waals surface area (Å²) in [6.45, 7) is 6.21. The third-order valence-electron chi connectivity index (χ3n) is 4.16. The number of aryl methyl sites for hydroxylation is 1. The zero-order chi connectivity index (χ0) is 17.3. The molecule has 0 spiro atoms. The van der Waals surface area contributed by atoms with Gasteiger partial charge in [-0.05, 0) is 12.5 Å². The van der Waals surface area contributed by atoms with Gasteiger partial charge in [0, 0.05) is 11.8 Å². The molecule has 2 heterocycles. The maximum atomic E-state index is 12.3. The van der Waals surface area contributed by atoms with Crippen LogP contribution in [0.25, 0.3) is 0 Å². The van der Waals surface area contributed by atoms with Gasteiger partial charge in [-0.2, -0.15) is 4.99 Å². The average Bonchev–Trinajstić information content (AvgIpc) is 2.92. The van der Waals surface area contributed by atoms with E-state index in [-0.39, 0.29) is 35.1 Å². The monoisotopic (exact) mass is 364 g/mol. The molecule has 1 aromatic carbocycles. The zero-order valence-electron chi connectivity index (χ0n) is 13.5. The van der Waals surface area contributed by atoms with Crippen molar-refractivity contribution in [2.24, 2.45) is 4.99 Å². The fourth-order valence-electron chi connectivity index (χ4n) is 3.13. The van der Waals surface area contributed by atoms with Crippen LogP contribution >= 0.6 is 11.8 Å². The molecule has 0 bridgehead atoms. The number of nitrogens with zero attached hydrogens (tertiary/aromatic N) is 2. The second kappa shape index (κ2) is 6.72. The first-order valence-corrected chi connectivity index (χ1v) is 10.5. The number of thioether (sulfide) groups is 1. The summed E-state index contributed by atoms with van der Waals surface area (Å²) in [7, 11) is -3.00. The van der Waals surface area contributed by atoms with Crippen molar-refractivity contribution in [1.82, 2.24) is 4.90 Å². The topological polar surface area (TPSA) is 66.8 Å². The number of hydrogen-bond acceptors (Lipinski definition) is 4. The van der Waals surface area contributed by atoms with Gasteiger partial charge >= 0.3 is 0 Å². The van der Waals surface area contributed by atoms with Gasteiger partial charge in [0.25, 0.3) is 5.91 Å². The predicted molar refractivity (Wildman–Crippen MR) is 98.0 cm³/mol. The van der Waals surface area contributed by atoms with Crippen LogP contribution in [0.1, 0.15) is 11.1 Å². The van der Waals surface area contributed by atoms with Crippen molar-refractivity contribution in [2.75, 3.05) is 18.1 Å². The minimum atomic E-state index is -3.00. The maximum absolute atomic E-state index is 12.3. The molecule has 0 unspecified atom stereocenters. The van der Waals surface area contributed by atoms with Crippen molar-refractivity contribution in [1.29, 1.82) is 0 Å². The van der Waals surface area contributed by atoms with E-state index in [2.05, 4.69) is 11.6 Å². The summed E-state index contributed by atoms with van der Waals surface area (Å²) in [5, 5.41) is 0.581. The molecule has 2 atom stereocenters. The quantitative estimate of drug-likeness (QED) is 0.763. The molecule has 2 aliphatic rings. The summed E-state index contributed by atoms with van der Waals surface area (Å²) in [4.78, 5) is 18.5. The standard InChI is InChI=1S/C17H20N2O3S2/c1-3-7-19-14-10-24(21,22)11-15(14)23-17(19)18-16(20)9-13-6-4-5-12(2)8-13/h3-6,8,14-15H,1,7,9-11H2,2H3/t14-,15+/m0/s1. The molecule has 0 aliphatic carbocycles. The first-order chi connectivity index (χ1) is 11.4. The van der Waals surface area contributed by atoms with Crippen LogP contribution in [-0.2, 0) is 21.1 Å². The number of benzene rings is 1. The van der Waals surface area contributed by atoms with E-state index < -0.39 is 9.84 Å². The van der Waals surface area contributed by atoms with Crippen LogP contribution < -0.4 is 0 Å². The summed E-state index contributed by atoms with van der Waals surface area (Å²) in [6.07, 6.45) is 1.97. The second-order valence-electron chi connectivity index (χ2n) is 6.20. The van der Waals surface area contributed by atoms with Crippen LogP contribution in [0, 0.1) is 6.92 Å². The number of aliphatic imine (C=N–C) groups is 1. The molecule has 7 heteroatoms. The van der Waals surface area contributed by atoms with Crippen LogP contribution in [0.2, 0.25) is 0 Å². The van der Waals surface area contributed by atoms with Gasteiger partial charge in [0.05, 0.1) is 24.0 Å². The molecule has 0 radical (unpaired) electrons. The highest BCUT2D eigenvalue weighted by Crippen LogP contribution is 2.38. The number of amides is 1. The molecular formula is C17H20N2O3S2. The fraction of sp³-hybridized carbons (Fsp3) is 0.412. The number of hydrogen-bond donors (Lipinski definition) is 0. The van der Waals surface area contributed by atoms with E-state index in [0.29, 0.717) is 11.7 Å². The maximum Gasteiger partial charge on any atom is 0.252 e. The van der Waals surface area contributed by atoms with E-state index in [0.717, 1.165) is 11.1 Å². The lowest BCUT2D eigenvalue weighted by molar-refractivity contribution is -0.117. The predicted octanol–water partition coefficient (Wildman–Crippen LogP) is 1.82. The van der Waals surface area contributed by atoms with Crippen LogP contribution in [-0.4, -0.2) is 53.7 Å². The minimum absolute atomic E-state index is 0.0412. The fourth-order valence-corrected chi connectivity index (χ4v) is 7.11. The Morgan fingerprint density at radius 2 is 2.25 bits per heavy atom. The van der Waals surface area contributed by atoms with Gasteiger partial charge in [-0.25, -0.2) is 8.42 Å². The van der Waals surface area contributed by atoms with Gasteiger partial charge in [0.1, 0.15) is 0 Å². The first kappa shape index (κ1) is 17.2. The average molecular weight is 364 g/mol. The van der Waals surface area contributed by atoms with E-state index in [1.807, 2.05) is 36.1 Å². The lowest BCUT2D eigenvalue weighted by atomic mass is 10.1. The Kier molecular flexibility index (Phi) is 4.83. The number of sulfone groups is 1. The van der Waals surface area contributed by atoms with Gasteiger partial charge in [-0.1, -0.05) is 47.7 Å². The number of carbonyl (C=O) groups is 1. The van der Waals surface area contributed by atoms with Crippen molar-refractivity contribution in [3.63, 3.8) is 0 Å². The van der Waals surface area contributed by atoms with Crippen LogP contribution in [0.3, 0.4) is 0 Å². The summed E-state index contributed by atoms with van der Waals surface area (Å²) in [6, 6.07) is 7.69. The molecule has 1 aromatic rings. The molecule has 0 N–H and O–H groups in total. The van der Waals surface area contributed by atoms with Crippen LogP contribution in [0.15, 0.2) is 41.9 Å². The van der Waals surface area contributed by atoms with E-state index in [4.69, 9.17) is 0 Å². The minimum Gasteiger partial charge on any atom is -0.342 e. The van der Waals surface area contributed by atoms with E-state index in [9.17, 15) is 13.2 Å². The molecule has 0 aromatic heterocycles. The molecule has 2 saturated heterocycles. The third-order valence-corrected chi connectivity index (χ3v) is 7.41. The van der Waals surface area contributed by atoms with Crippen molar-refractivity contribution >= 4 is 32.7 Å². The smallest absolute Gasteiger partial charge is 0.252 e. The van der Waals surface area contributed by atoms with Crippen molar-refractivity contribution in [3.8, 4) is 0 Å². The molecule has 2 aliphatic heterocycles. The molecule has 3 rings (SSSR count). The Balaban J connectivity index is 1.76. The van der Waals surface area contributed by atoms with Crippen molar-refractivity contribution in [2.45, 2.75) is 24.6 Å². The Hall–Kier alpha value is -1.60. The first-order valence-electron chi connectivity index (χ1n) is 7.79. The van der Waals surface area contributed by atoms with Gasteiger partial charge < -0.3 is 4.90 Å². The normalized spacial score (nSPS) is 26.5. The van der Waals surface area contributed by atoms with E-state index in [1.165, 1.54) is 11.8 Å². The summed E-state index contributed by atoms with van der Waals surface area (Å²) >= 11 is 1.40. The highest BCUT2D eigenvalue weighted by atomic mass is 32.2. The lowest BCUT2D eigenvalue weighted by Gasteiger charge is -2.22. The Bertz CT molecular complexity index is 802. The Morgan fingerprint density at radius 1 is 1.46 bits per heavy atom. The molecule has 5 nitrogen and oxygen atoms in total. The molecule has 128 valence electrons. The molecule has 24 heavy (non-hydrogen) atoms. The molecule has 1 amide bonds. The number of carbonyl (C=O) groups excluding carboxylic acids is 1. The van der Waals surface area contributed by atoms with E-state index >= 15 is 0 Å². The summed E-state index contributed by atoms with van der Waals surface area (Å²) in [5.41, 5.74) is 2.04. The van der Waals surface area contributed by atoms with Crippen LogP contribution in [0.5, 0.6) is 0 Å². The van der Waals surface area contributed by atoms with Crippen LogP contribution in [0.4, 0.5) is 0 Å². The van der Waals surface area contributed by atoms with Crippen molar-refractivity contribution < 1.29 is 13.2 Å². The molecule has 2 fully saturated rings. The molecule has 0 saturated carbocycles. The molecular weight excluding hydrogens is 344 g/mol. The summed E-state index contributed by atoms with van der Waals surface area (Å²) < 4.78 is 23.6.